The second-order valence-corrected chi connectivity index (χ2v) is 4.41. The van der Waals surface area contributed by atoms with Crippen molar-refractivity contribution in [2.75, 3.05) is 7.05 Å². The van der Waals surface area contributed by atoms with Crippen LogP contribution in [-0.4, -0.2) is 29.3 Å². The van der Waals surface area contributed by atoms with Gasteiger partial charge >= 0.3 is 0 Å². The quantitative estimate of drug-likeness (QED) is 0.689. The molecular formula is C6H12N4O2S. The monoisotopic (exact) mass is 204 g/mol. The van der Waals surface area contributed by atoms with E-state index in [0.717, 1.165) is 4.31 Å². The molecule has 0 atom stereocenters. The predicted molar refractivity (Wildman–Crippen MR) is 47.8 cm³/mol. The Morgan fingerprint density at radius 1 is 1.69 bits per heavy atom. The van der Waals surface area contributed by atoms with Crippen LogP contribution in [0.3, 0.4) is 0 Å². The number of hydrogen-bond donors (Lipinski definition) is 1. The zero-order valence-corrected chi connectivity index (χ0v) is 8.32. The highest BCUT2D eigenvalue weighted by Crippen LogP contribution is 2.00. The maximum Gasteiger partial charge on any atom is 0.277 e. The predicted octanol–water partition coefficient (Wildman–Crippen LogP) is -0.945. The summed E-state index contributed by atoms with van der Waals surface area (Å²) in [5, 5.41) is 4.91. The highest BCUT2D eigenvalue weighted by atomic mass is 32.2. The third kappa shape index (κ3) is 2.51. The summed E-state index contributed by atoms with van der Waals surface area (Å²) in [6.45, 7) is 0.183. The van der Waals surface area contributed by atoms with Gasteiger partial charge in [-0.05, 0) is 0 Å². The number of nitrogens with zero attached hydrogens (tertiary/aromatic N) is 3. The lowest BCUT2D eigenvalue weighted by atomic mass is 10.6. The van der Waals surface area contributed by atoms with E-state index < -0.39 is 10.2 Å². The van der Waals surface area contributed by atoms with Crippen LogP contribution in [0.5, 0.6) is 0 Å². The van der Waals surface area contributed by atoms with Crippen molar-refractivity contribution in [1.82, 2.24) is 13.9 Å². The number of aryl methyl sites for hydroxylation is 1. The van der Waals surface area contributed by atoms with Crippen molar-refractivity contribution < 1.29 is 8.42 Å². The van der Waals surface area contributed by atoms with Crippen LogP contribution in [0.4, 0.5) is 0 Å². The number of rotatable bonds is 3. The molecule has 2 N–H and O–H groups in total. The van der Waals surface area contributed by atoms with E-state index >= 15 is 0 Å². The molecule has 0 saturated heterocycles. The fraction of sp³-hybridized carbons (Fsp3) is 0.500. The van der Waals surface area contributed by atoms with Crippen LogP contribution in [0.15, 0.2) is 12.4 Å². The molecule has 0 amide bonds. The summed E-state index contributed by atoms with van der Waals surface area (Å²) < 4.78 is 24.4. The van der Waals surface area contributed by atoms with Crippen molar-refractivity contribution in [3.8, 4) is 0 Å². The average Bonchev–Trinajstić information content (AvgIpc) is 2.34. The summed E-state index contributed by atoms with van der Waals surface area (Å²) in [7, 11) is -0.418. The Morgan fingerprint density at radius 3 is 2.69 bits per heavy atom. The number of hydrogen-bond acceptors (Lipinski definition) is 3. The van der Waals surface area contributed by atoms with Gasteiger partial charge in [0.15, 0.2) is 0 Å². The third-order valence-electron chi connectivity index (χ3n) is 1.72. The molecule has 1 rings (SSSR count). The molecule has 7 heteroatoms. The fourth-order valence-corrected chi connectivity index (χ4v) is 1.13. The second kappa shape index (κ2) is 3.44. The molecule has 0 unspecified atom stereocenters. The average molecular weight is 204 g/mol. The molecule has 0 aliphatic carbocycles. The molecule has 0 aliphatic heterocycles. The summed E-state index contributed by atoms with van der Waals surface area (Å²) in [6, 6.07) is 0. The maximum atomic E-state index is 10.8. The van der Waals surface area contributed by atoms with E-state index in [-0.39, 0.29) is 6.54 Å². The number of nitrogens with two attached hydrogens (primary N) is 1. The highest BCUT2D eigenvalue weighted by molar-refractivity contribution is 7.86. The zero-order chi connectivity index (χ0) is 10.1. The Morgan fingerprint density at radius 2 is 2.31 bits per heavy atom. The van der Waals surface area contributed by atoms with E-state index in [1.54, 1.807) is 24.0 Å². The van der Waals surface area contributed by atoms with Crippen LogP contribution in [0.25, 0.3) is 0 Å². The van der Waals surface area contributed by atoms with Crippen molar-refractivity contribution in [2.24, 2.45) is 12.2 Å². The molecule has 0 aromatic carbocycles. The molecule has 74 valence electrons. The Hall–Kier alpha value is -0.920. The van der Waals surface area contributed by atoms with Crippen LogP contribution in [0, 0.1) is 0 Å². The smallest absolute Gasteiger partial charge is 0.277 e. The van der Waals surface area contributed by atoms with Crippen molar-refractivity contribution in [2.45, 2.75) is 6.54 Å². The molecule has 0 radical (unpaired) electrons. The van der Waals surface area contributed by atoms with Gasteiger partial charge in [-0.15, -0.1) is 0 Å². The van der Waals surface area contributed by atoms with E-state index in [1.807, 2.05) is 0 Å². The van der Waals surface area contributed by atoms with Crippen LogP contribution < -0.4 is 5.14 Å². The standard InChI is InChI=1S/C6H12N4O2S/c1-9-4-3-8-6(9)5-10(2)13(7,11)12/h3-4H,5H2,1-2H3,(H2,7,11,12). The van der Waals surface area contributed by atoms with Gasteiger partial charge in [-0.1, -0.05) is 0 Å². The Balaban J connectivity index is 2.77. The molecule has 0 saturated carbocycles. The van der Waals surface area contributed by atoms with Gasteiger partial charge in [-0.25, -0.2) is 10.1 Å². The van der Waals surface area contributed by atoms with Gasteiger partial charge in [0.2, 0.25) is 0 Å². The van der Waals surface area contributed by atoms with Gasteiger partial charge in [0.1, 0.15) is 5.82 Å². The van der Waals surface area contributed by atoms with Gasteiger partial charge in [-0.3, -0.25) is 0 Å². The van der Waals surface area contributed by atoms with E-state index in [0.29, 0.717) is 5.82 Å². The second-order valence-electron chi connectivity index (χ2n) is 2.76. The van der Waals surface area contributed by atoms with Crippen LogP contribution in [0.1, 0.15) is 5.82 Å². The first-order valence-corrected chi connectivity index (χ1v) is 5.12. The van der Waals surface area contributed by atoms with Gasteiger partial charge in [0.05, 0.1) is 6.54 Å². The molecular weight excluding hydrogens is 192 g/mol. The molecule has 13 heavy (non-hydrogen) atoms. The number of imidazole rings is 1. The molecule has 0 bridgehead atoms. The Kier molecular flexibility index (Phi) is 2.69. The van der Waals surface area contributed by atoms with E-state index in [1.165, 1.54) is 7.05 Å². The SMILES string of the molecule is CN(Cc1nccn1C)S(N)(=O)=O. The molecule has 0 fully saturated rings. The first-order valence-electron chi connectivity index (χ1n) is 3.61. The fourth-order valence-electron chi connectivity index (χ4n) is 0.838. The van der Waals surface area contributed by atoms with Gasteiger partial charge in [0.25, 0.3) is 10.2 Å². The third-order valence-corrected chi connectivity index (χ3v) is 2.72. The molecule has 6 nitrogen and oxygen atoms in total. The van der Waals surface area contributed by atoms with Crippen molar-refractivity contribution in [3.63, 3.8) is 0 Å². The summed E-state index contributed by atoms with van der Waals surface area (Å²) in [5.41, 5.74) is 0. The minimum Gasteiger partial charge on any atom is -0.337 e. The minimum atomic E-state index is -3.62. The number of aromatic nitrogens is 2. The van der Waals surface area contributed by atoms with Crippen LogP contribution >= 0.6 is 0 Å². The summed E-state index contributed by atoms with van der Waals surface area (Å²) in [4.78, 5) is 3.97. The summed E-state index contributed by atoms with van der Waals surface area (Å²) >= 11 is 0. The van der Waals surface area contributed by atoms with Gasteiger partial charge < -0.3 is 4.57 Å². The molecule has 1 aromatic heterocycles. The largest absolute Gasteiger partial charge is 0.337 e. The molecule has 0 spiro atoms. The van der Waals surface area contributed by atoms with Gasteiger partial charge in [-0.2, -0.15) is 12.7 Å². The summed E-state index contributed by atoms with van der Waals surface area (Å²) in [5.74, 6) is 0.650. The lowest BCUT2D eigenvalue weighted by Gasteiger charge is -2.12. The Bertz CT molecular complexity index is 383. The summed E-state index contributed by atoms with van der Waals surface area (Å²) in [6.07, 6.45) is 3.35. The lowest BCUT2D eigenvalue weighted by molar-refractivity contribution is 0.452. The van der Waals surface area contributed by atoms with Crippen molar-refractivity contribution in [1.29, 1.82) is 0 Å². The van der Waals surface area contributed by atoms with Crippen LogP contribution in [0.2, 0.25) is 0 Å². The zero-order valence-electron chi connectivity index (χ0n) is 7.51. The normalized spacial score (nSPS) is 12.3. The lowest BCUT2D eigenvalue weighted by Crippen LogP contribution is -2.33. The highest BCUT2D eigenvalue weighted by Gasteiger charge is 2.13. The van der Waals surface area contributed by atoms with E-state index in [4.69, 9.17) is 5.14 Å². The van der Waals surface area contributed by atoms with Crippen molar-refractivity contribution >= 4 is 10.2 Å². The molecule has 1 aromatic rings. The topological polar surface area (TPSA) is 81.2 Å². The first-order chi connectivity index (χ1) is 5.91. The van der Waals surface area contributed by atoms with Crippen molar-refractivity contribution in [3.05, 3.63) is 18.2 Å². The molecule has 0 aliphatic rings. The van der Waals surface area contributed by atoms with E-state index in [9.17, 15) is 8.42 Å². The Labute approximate surface area is 77.2 Å². The minimum absolute atomic E-state index is 0.183. The van der Waals surface area contributed by atoms with Crippen LogP contribution in [-0.2, 0) is 23.8 Å². The van der Waals surface area contributed by atoms with Gasteiger partial charge in [0, 0.05) is 26.5 Å². The maximum absolute atomic E-state index is 10.8. The first kappa shape index (κ1) is 10.2. The van der Waals surface area contributed by atoms with E-state index in [2.05, 4.69) is 4.98 Å². The molecule has 1 heterocycles.